The first kappa shape index (κ1) is 12.2. The molecule has 0 amide bonds. The molecule has 0 spiro atoms. The fourth-order valence-corrected chi connectivity index (χ4v) is 1.71. The Hall–Kier alpha value is -2.23. The fraction of sp³-hybridized carbons (Fsp3) is 0.0714. The molecule has 18 heavy (non-hydrogen) atoms. The van der Waals surface area contributed by atoms with E-state index in [4.69, 9.17) is 5.11 Å². The summed E-state index contributed by atoms with van der Waals surface area (Å²) in [5.41, 5.74) is 1.75. The molecule has 0 aliphatic carbocycles. The van der Waals surface area contributed by atoms with Crippen molar-refractivity contribution in [2.24, 2.45) is 0 Å². The minimum atomic E-state index is -1.04. The highest BCUT2D eigenvalue weighted by molar-refractivity contribution is 5.91. The molecule has 0 heterocycles. The first-order chi connectivity index (χ1) is 8.49. The van der Waals surface area contributed by atoms with Crippen LogP contribution in [0, 0.1) is 18.6 Å². The van der Waals surface area contributed by atoms with E-state index in [1.54, 1.807) is 19.1 Å². The van der Waals surface area contributed by atoms with Gasteiger partial charge >= 0.3 is 5.97 Å². The van der Waals surface area contributed by atoms with Crippen LogP contribution in [0.15, 0.2) is 36.4 Å². The van der Waals surface area contributed by atoms with Gasteiger partial charge in [-0.1, -0.05) is 18.2 Å². The van der Waals surface area contributed by atoms with E-state index in [0.717, 1.165) is 12.1 Å². The summed E-state index contributed by atoms with van der Waals surface area (Å²) in [6, 6.07) is 8.24. The zero-order valence-corrected chi connectivity index (χ0v) is 9.58. The lowest BCUT2D eigenvalue weighted by molar-refractivity contribution is 0.0696. The molecule has 2 aromatic rings. The Morgan fingerprint density at radius 1 is 1.00 bits per heavy atom. The van der Waals surface area contributed by atoms with E-state index in [9.17, 15) is 13.6 Å². The zero-order chi connectivity index (χ0) is 13.3. The first-order valence-corrected chi connectivity index (χ1v) is 5.28. The molecule has 0 bridgehead atoms. The molecular weight excluding hydrogens is 238 g/mol. The summed E-state index contributed by atoms with van der Waals surface area (Å²) >= 11 is 0. The van der Waals surface area contributed by atoms with Gasteiger partial charge < -0.3 is 5.11 Å². The van der Waals surface area contributed by atoms with Crippen LogP contribution >= 0.6 is 0 Å². The van der Waals surface area contributed by atoms with E-state index in [1.807, 2.05) is 0 Å². The molecule has 2 rings (SSSR count). The van der Waals surface area contributed by atoms with Crippen LogP contribution in [0.4, 0.5) is 8.78 Å². The van der Waals surface area contributed by atoms with Gasteiger partial charge in [-0.05, 0) is 41.8 Å². The van der Waals surface area contributed by atoms with Crippen LogP contribution < -0.4 is 0 Å². The molecule has 92 valence electrons. The number of hydrogen-bond acceptors (Lipinski definition) is 1. The van der Waals surface area contributed by atoms with Gasteiger partial charge in [-0.25, -0.2) is 13.6 Å². The normalized spacial score (nSPS) is 10.4. The Labute approximate surface area is 103 Å². The third-order valence-electron chi connectivity index (χ3n) is 2.72. The molecule has 0 unspecified atom stereocenters. The molecular formula is C14H10F2O2. The third-order valence-corrected chi connectivity index (χ3v) is 2.72. The summed E-state index contributed by atoms with van der Waals surface area (Å²) in [6.07, 6.45) is 0. The maximum absolute atomic E-state index is 13.1. The SMILES string of the molecule is Cc1ccc(-c2ccc(F)c(F)c2)cc1C(=O)O. The molecule has 2 nitrogen and oxygen atoms in total. The molecule has 0 saturated heterocycles. The minimum Gasteiger partial charge on any atom is -0.478 e. The second-order valence-corrected chi connectivity index (χ2v) is 3.96. The topological polar surface area (TPSA) is 37.3 Å². The molecule has 0 saturated carbocycles. The Bertz CT molecular complexity index is 621. The van der Waals surface area contributed by atoms with E-state index < -0.39 is 17.6 Å². The molecule has 2 aromatic carbocycles. The highest BCUT2D eigenvalue weighted by Gasteiger charge is 2.10. The van der Waals surface area contributed by atoms with Gasteiger partial charge in [0, 0.05) is 0 Å². The number of rotatable bonds is 2. The Morgan fingerprint density at radius 2 is 1.61 bits per heavy atom. The Morgan fingerprint density at radius 3 is 2.22 bits per heavy atom. The van der Waals surface area contributed by atoms with Gasteiger partial charge in [0.1, 0.15) is 0 Å². The van der Waals surface area contributed by atoms with Crippen molar-refractivity contribution < 1.29 is 18.7 Å². The fourth-order valence-electron chi connectivity index (χ4n) is 1.71. The van der Waals surface area contributed by atoms with Crippen molar-refractivity contribution >= 4 is 5.97 Å². The molecule has 0 atom stereocenters. The zero-order valence-electron chi connectivity index (χ0n) is 9.58. The number of benzene rings is 2. The van der Waals surface area contributed by atoms with Crippen LogP contribution in [0.25, 0.3) is 11.1 Å². The van der Waals surface area contributed by atoms with Crippen molar-refractivity contribution in [3.63, 3.8) is 0 Å². The molecule has 4 heteroatoms. The van der Waals surface area contributed by atoms with Gasteiger partial charge in [-0.3, -0.25) is 0 Å². The molecule has 0 fully saturated rings. The lowest BCUT2D eigenvalue weighted by Gasteiger charge is -2.06. The molecule has 0 aromatic heterocycles. The number of carboxylic acid groups (broad SMARTS) is 1. The van der Waals surface area contributed by atoms with Crippen LogP contribution in [-0.2, 0) is 0 Å². The van der Waals surface area contributed by atoms with Crippen molar-refractivity contribution in [1.29, 1.82) is 0 Å². The number of carboxylic acids is 1. The second-order valence-electron chi connectivity index (χ2n) is 3.96. The van der Waals surface area contributed by atoms with Gasteiger partial charge in [0.25, 0.3) is 0 Å². The van der Waals surface area contributed by atoms with E-state index in [0.29, 0.717) is 16.7 Å². The number of aromatic carboxylic acids is 1. The quantitative estimate of drug-likeness (QED) is 0.880. The van der Waals surface area contributed by atoms with Crippen LogP contribution in [0.5, 0.6) is 0 Å². The van der Waals surface area contributed by atoms with E-state index in [2.05, 4.69) is 0 Å². The minimum absolute atomic E-state index is 0.150. The maximum atomic E-state index is 13.1. The summed E-state index contributed by atoms with van der Waals surface area (Å²) in [5.74, 6) is -2.92. The van der Waals surface area contributed by atoms with Crippen molar-refractivity contribution in [2.75, 3.05) is 0 Å². The average Bonchev–Trinajstić information content (AvgIpc) is 2.33. The predicted molar refractivity (Wildman–Crippen MR) is 63.5 cm³/mol. The number of halogens is 2. The van der Waals surface area contributed by atoms with Crippen LogP contribution in [0.2, 0.25) is 0 Å². The van der Waals surface area contributed by atoms with Gasteiger partial charge in [0.15, 0.2) is 11.6 Å². The summed E-state index contributed by atoms with van der Waals surface area (Å²) in [6.45, 7) is 1.68. The van der Waals surface area contributed by atoms with E-state index in [1.165, 1.54) is 12.1 Å². The Kier molecular flexibility index (Phi) is 3.10. The van der Waals surface area contributed by atoms with Crippen LogP contribution in [0.3, 0.4) is 0 Å². The monoisotopic (exact) mass is 248 g/mol. The largest absolute Gasteiger partial charge is 0.478 e. The smallest absolute Gasteiger partial charge is 0.335 e. The van der Waals surface area contributed by atoms with Crippen molar-refractivity contribution in [2.45, 2.75) is 6.92 Å². The highest BCUT2D eigenvalue weighted by Crippen LogP contribution is 2.24. The highest BCUT2D eigenvalue weighted by atomic mass is 19.2. The van der Waals surface area contributed by atoms with Gasteiger partial charge in [-0.2, -0.15) is 0 Å². The lowest BCUT2D eigenvalue weighted by Crippen LogP contribution is -1.99. The summed E-state index contributed by atoms with van der Waals surface area (Å²) < 4.78 is 25.9. The van der Waals surface area contributed by atoms with E-state index >= 15 is 0 Å². The summed E-state index contributed by atoms with van der Waals surface area (Å²) in [5, 5.41) is 9.00. The van der Waals surface area contributed by atoms with Crippen molar-refractivity contribution in [3.05, 3.63) is 59.2 Å². The molecule has 0 radical (unpaired) electrons. The Balaban J connectivity index is 2.54. The summed E-state index contributed by atoms with van der Waals surface area (Å²) in [7, 11) is 0. The van der Waals surface area contributed by atoms with Gasteiger partial charge in [-0.15, -0.1) is 0 Å². The van der Waals surface area contributed by atoms with Gasteiger partial charge in [0.2, 0.25) is 0 Å². The van der Waals surface area contributed by atoms with Crippen molar-refractivity contribution in [1.82, 2.24) is 0 Å². The average molecular weight is 248 g/mol. The maximum Gasteiger partial charge on any atom is 0.335 e. The van der Waals surface area contributed by atoms with E-state index in [-0.39, 0.29) is 5.56 Å². The van der Waals surface area contributed by atoms with Crippen LogP contribution in [0.1, 0.15) is 15.9 Å². The lowest BCUT2D eigenvalue weighted by atomic mass is 10.00. The third kappa shape index (κ3) is 2.22. The molecule has 0 aliphatic heterocycles. The predicted octanol–water partition coefficient (Wildman–Crippen LogP) is 3.64. The molecule has 1 N–H and O–H groups in total. The molecule has 0 aliphatic rings. The van der Waals surface area contributed by atoms with Gasteiger partial charge in [0.05, 0.1) is 5.56 Å². The number of hydrogen-bond donors (Lipinski definition) is 1. The standard InChI is InChI=1S/C14H10F2O2/c1-8-2-3-9(6-11(8)14(17)18)10-4-5-12(15)13(16)7-10/h2-7H,1H3,(H,17,18). The van der Waals surface area contributed by atoms with Crippen LogP contribution in [-0.4, -0.2) is 11.1 Å². The summed E-state index contributed by atoms with van der Waals surface area (Å²) in [4.78, 5) is 11.0. The second kappa shape index (κ2) is 4.56. The number of aryl methyl sites for hydroxylation is 1. The van der Waals surface area contributed by atoms with Crippen molar-refractivity contribution in [3.8, 4) is 11.1 Å². The number of carbonyl (C=O) groups is 1. The first-order valence-electron chi connectivity index (χ1n) is 5.28.